The van der Waals surface area contributed by atoms with Gasteiger partial charge in [0.15, 0.2) is 5.78 Å². The standard InChI is InChI=1S/C14H11BrFNO2/c1-8(18)11-4-2-10(7-14(11)17)19-9-3-5-12(15)13(16)6-9/h2-7H,17H2,1H3. The molecule has 2 aromatic carbocycles. The number of hydrogen-bond acceptors (Lipinski definition) is 3. The Labute approximate surface area is 118 Å². The van der Waals surface area contributed by atoms with Crippen LogP contribution in [0.25, 0.3) is 0 Å². The average Bonchev–Trinajstić information content (AvgIpc) is 2.33. The van der Waals surface area contributed by atoms with Gasteiger partial charge in [0.1, 0.15) is 17.3 Å². The van der Waals surface area contributed by atoms with Crippen molar-refractivity contribution < 1.29 is 13.9 Å². The first-order valence-electron chi connectivity index (χ1n) is 5.51. The Morgan fingerprint density at radius 1 is 1.21 bits per heavy atom. The maximum Gasteiger partial charge on any atom is 0.161 e. The number of carbonyl (C=O) groups excluding carboxylic acids is 1. The predicted octanol–water partition coefficient (Wildman–Crippen LogP) is 4.17. The van der Waals surface area contributed by atoms with Crippen LogP contribution in [0.2, 0.25) is 0 Å². The van der Waals surface area contributed by atoms with Crippen molar-refractivity contribution in [3.63, 3.8) is 0 Å². The summed E-state index contributed by atoms with van der Waals surface area (Å²) in [6.07, 6.45) is 0. The van der Waals surface area contributed by atoms with Crippen LogP contribution in [-0.2, 0) is 0 Å². The fourth-order valence-corrected chi connectivity index (χ4v) is 1.85. The Morgan fingerprint density at radius 2 is 1.84 bits per heavy atom. The minimum absolute atomic E-state index is 0.112. The molecule has 0 amide bonds. The van der Waals surface area contributed by atoms with Gasteiger partial charge in [-0.3, -0.25) is 4.79 Å². The minimum Gasteiger partial charge on any atom is -0.457 e. The van der Waals surface area contributed by atoms with Crippen molar-refractivity contribution in [1.29, 1.82) is 0 Å². The Balaban J connectivity index is 2.26. The third-order valence-corrected chi connectivity index (χ3v) is 3.17. The molecule has 0 aliphatic carbocycles. The van der Waals surface area contributed by atoms with E-state index in [4.69, 9.17) is 10.5 Å². The summed E-state index contributed by atoms with van der Waals surface area (Å²) in [6, 6.07) is 9.19. The van der Waals surface area contributed by atoms with Crippen LogP contribution in [0.3, 0.4) is 0 Å². The van der Waals surface area contributed by atoms with Crippen molar-refractivity contribution in [2.24, 2.45) is 0 Å². The predicted molar refractivity (Wildman–Crippen MR) is 75.0 cm³/mol. The minimum atomic E-state index is -0.411. The molecule has 2 N–H and O–H groups in total. The normalized spacial score (nSPS) is 10.3. The molecule has 0 aromatic heterocycles. The first-order chi connectivity index (χ1) is 8.97. The van der Waals surface area contributed by atoms with Crippen LogP contribution in [0.5, 0.6) is 11.5 Å². The van der Waals surface area contributed by atoms with Crippen LogP contribution in [0.15, 0.2) is 40.9 Å². The van der Waals surface area contributed by atoms with Crippen LogP contribution >= 0.6 is 15.9 Å². The average molecular weight is 324 g/mol. The molecule has 0 unspecified atom stereocenters. The molecule has 0 heterocycles. The molecule has 2 aromatic rings. The topological polar surface area (TPSA) is 52.3 Å². The van der Waals surface area contributed by atoms with Gasteiger partial charge in [-0.2, -0.15) is 0 Å². The van der Waals surface area contributed by atoms with Crippen LogP contribution < -0.4 is 10.5 Å². The van der Waals surface area contributed by atoms with E-state index in [1.807, 2.05) is 0 Å². The van der Waals surface area contributed by atoms with Gasteiger partial charge in [0.05, 0.1) is 4.47 Å². The van der Waals surface area contributed by atoms with Crippen molar-refractivity contribution in [1.82, 2.24) is 0 Å². The van der Waals surface area contributed by atoms with Crippen molar-refractivity contribution >= 4 is 27.4 Å². The summed E-state index contributed by atoms with van der Waals surface area (Å²) in [4.78, 5) is 11.2. The molecule has 0 bridgehead atoms. The molecule has 3 nitrogen and oxygen atoms in total. The number of nitrogens with two attached hydrogens (primary N) is 1. The van der Waals surface area contributed by atoms with E-state index < -0.39 is 5.82 Å². The van der Waals surface area contributed by atoms with Gasteiger partial charge in [0.2, 0.25) is 0 Å². The van der Waals surface area contributed by atoms with E-state index in [-0.39, 0.29) is 5.78 Å². The van der Waals surface area contributed by atoms with Gasteiger partial charge in [-0.1, -0.05) is 0 Å². The molecule has 0 aliphatic rings. The number of anilines is 1. The summed E-state index contributed by atoms with van der Waals surface area (Å²) >= 11 is 3.06. The second kappa shape index (κ2) is 5.40. The summed E-state index contributed by atoms with van der Waals surface area (Å²) in [5.41, 5.74) is 6.52. The van der Waals surface area contributed by atoms with Gasteiger partial charge in [0, 0.05) is 23.4 Å². The number of nitrogen functional groups attached to an aromatic ring is 1. The third kappa shape index (κ3) is 3.12. The number of benzene rings is 2. The van der Waals surface area contributed by atoms with E-state index >= 15 is 0 Å². The molecule has 2 rings (SSSR count). The molecular weight excluding hydrogens is 313 g/mol. The Bertz CT molecular complexity index is 643. The van der Waals surface area contributed by atoms with Crippen molar-refractivity contribution in [3.05, 3.63) is 52.3 Å². The number of hydrogen-bond donors (Lipinski definition) is 1. The van der Waals surface area contributed by atoms with E-state index in [0.29, 0.717) is 27.2 Å². The van der Waals surface area contributed by atoms with Crippen LogP contribution in [-0.4, -0.2) is 5.78 Å². The highest BCUT2D eigenvalue weighted by Crippen LogP contribution is 2.28. The van der Waals surface area contributed by atoms with Crippen molar-refractivity contribution in [2.75, 3.05) is 5.73 Å². The van der Waals surface area contributed by atoms with Gasteiger partial charge < -0.3 is 10.5 Å². The molecule has 0 saturated carbocycles. The summed E-state index contributed by atoms with van der Waals surface area (Å²) in [5, 5.41) is 0. The van der Waals surface area contributed by atoms with E-state index in [1.165, 1.54) is 19.1 Å². The highest BCUT2D eigenvalue weighted by Gasteiger charge is 2.07. The zero-order chi connectivity index (χ0) is 14.0. The molecule has 5 heteroatoms. The molecule has 0 radical (unpaired) electrons. The van der Waals surface area contributed by atoms with E-state index in [2.05, 4.69) is 15.9 Å². The SMILES string of the molecule is CC(=O)c1ccc(Oc2ccc(Br)c(F)c2)cc1N. The zero-order valence-electron chi connectivity index (χ0n) is 10.1. The fraction of sp³-hybridized carbons (Fsp3) is 0.0714. The number of carbonyl (C=O) groups is 1. The molecule has 0 fully saturated rings. The largest absolute Gasteiger partial charge is 0.457 e. The van der Waals surface area contributed by atoms with Gasteiger partial charge in [-0.05, 0) is 47.1 Å². The van der Waals surface area contributed by atoms with Gasteiger partial charge in [-0.25, -0.2) is 4.39 Å². The van der Waals surface area contributed by atoms with Crippen molar-refractivity contribution in [3.8, 4) is 11.5 Å². The lowest BCUT2D eigenvalue weighted by atomic mass is 10.1. The first-order valence-corrected chi connectivity index (χ1v) is 6.30. The summed E-state index contributed by atoms with van der Waals surface area (Å²) in [7, 11) is 0. The Morgan fingerprint density at radius 3 is 2.42 bits per heavy atom. The third-order valence-electron chi connectivity index (χ3n) is 2.53. The second-order valence-electron chi connectivity index (χ2n) is 3.98. The molecule has 19 heavy (non-hydrogen) atoms. The monoisotopic (exact) mass is 323 g/mol. The quantitative estimate of drug-likeness (QED) is 0.681. The highest BCUT2D eigenvalue weighted by atomic mass is 79.9. The Kier molecular flexibility index (Phi) is 3.85. The molecule has 0 spiro atoms. The maximum atomic E-state index is 13.3. The summed E-state index contributed by atoms with van der Waals surface area (Å²) < 4.78 is 19.2. The van der Waals surface area contributed by atoms with Crippen LogP contribution in [0, 0.1) is 5.82 Å². The van der Waals surface area contributed by atoms with E-state index in [1.54, 1.807) is 24.3 Å². The fourth-order valence-electron chi connectivity index (χ4n) is 1.60. The lowest BCUT2D eigenvalue weighted by Crippen LogP contribution is -1.99. The maximum absolute atomic E-state index is 13.3. The lowest BCUT2D eigenvalue weighted by Gasteiger charge is -2.08. The number of rotatable bonds is 3. The van der Waals surface area contributed by atoms with Gasteiger partial charge in [0.25, 0.3) is 0 Å². The Hall–Kier alpha value is -1.88. The van der Waals surface area contributed by atoms with Crippen molar-refractivity contribution in [2.45, 2.75) is 6.92 Å². The molecule has 0 atom stereocenters. The van der Waals surface area contributed by atoms with Gasteiger partial charge in [-0.15, -0.1) is 0 Å². The van der Waals surface area contributed by atoms with Gasteiger partial charge >= 0.3 is 0 Å². The second-order valence-corrected chi connectivity index (χ2v) is 4.84. The molecule has 0 saturated heterocycles. The number of Topliss-reactive ketones (excluding diaryl/α,β-unsaturated/α-hetero) is 1. The summed E-state index contributed by atoms with van der Waals surface area (Å²) in [5.74, 6) is 0.282. The number of ketones is 1. The smallest absolute Gasteiger partial charge is 0.161 e. The molecule has 98 valence electrons. The van der Waals surface area contributed by atoms with E-state index in [9.17, 15) is 9.18 Å². The summed E-state index contributed by atoms with van der Waals surface area (Å²) in [6.45, 7) is 1.44. The highest BCUT2D eigenvalue weighted by molar-refractivity contribution is 9.10. The van der Waals surface area contributed by atoms with E-state index in [0.717, 1.165) is 0 Å². The molecule has 0 aliphatic heterocycles. The van der Waals surface area contributed by atoms with Crippen LogP contribution in [0.4, 0.5) is 10.1 Å². The molecular formula is C14H11BrFNO2. The van der Waals surface area contributed by atoms with Crippen LogP contribution in [0.1, 0.15) is 17.3 Å². The lowest BCUT2D eigenvalue weighted by molar-refractivity contribution is 0.101. The first kappa shape index (κ1) is 13.5. The number of halogens is 2. The number of ether oxygens (including phenoxy) is 1. The zero-order valence-corrected chi connectivity index (χ0v) is 11.7.